The summed E-state index contributed by atoms with van der Waals surface area (Å²) in [7, 11) is 0. The van der Waals surface area contributed by atoms with Crippen molar-refractivity contribution in [2.45, 2.75) is 38.1 Å². The Bertz CT molecular complexity index is 425. The molecule has 0 bridgehead atoms. The summed E-state index contributed by atoms with van der Waals surface area (Å²) in [4.78, 5) is 7.12. The van der Waals surface area contributed by atoms with Crippen molar-refractivity contribution in [2.75, 3.05) is 24.5 Å². The van der Waals surface area contributed by atoms with E-state index in [2.05, 4.69) is 20.4 Å². The summed E-state index contributed by atoms with van der Waals surface area (Å²) in [6.07, 6.45) is 6.46. The van der Waals surface area contributed by atoms with Crippen LogP contribution in [0.5, 0.6) is 0 Å². The lowest BCUT2D eigenvalue weighted by Gasteiger charge is -2.36. The molecule has 3 fully saturated rings. The van der Waals surface area contributed by atoms with E-state index in [1.807, 2.05) is 0 Å². The fourth-order valence-corrected chi connectivity index (χ4v) is 3.42. The molecule has 2 aliphatic heterocycles. The van der Waals surface area contributed by atoms with Gasteiger partial charge in [-0.1, -0.05) is 0 Å². The van der Waals surface area contributed by atoms with Crippen LogP contribution in [0, 0.1) is 11.8 Å². The van der Waals surface area contributed by atoms with Crippen LogP contribution in [0.25, 0.3) is 0 Å². The van der Waals surface area contributed by atoms with Crippen molar-refractivity contribution < 1.29 is 0 Å². The van der Waals surface area contributed by atoms with Crippen LogP contribution in [-0.2, 0) is 6.42 Å². The first-order valence-electron chi connectivity index (χ1n) is 7.29. The topological polar surface area (TPSA) is 56.8 Å². The summed E-state index contributed by atoms with van der Waals surface area (Å²) in [6, 6.07) is 0.614. The minimum Gasteiger partial charge on any atom is -0.335 e. The molecule has 18 heavy (non-hydrogen) atoms. The maximum absolute atomic E-state index is 4.71. The third-order valence-electron chi connectivity index (χ3n) is 4.63. The molecular weight excluding hydrogens is 226 g/mol. The second-order valence-corrected chi connectivity index (χ2v) is 6.05. The Balaban J connectivity index is 1.51. The highest BCUT2D eigenvalue weighted by Crippen LogP contribution is 2.33. The first-order valence-corrected chi connectivity index (χ1v) is 7.29. The van der Waals surface area contributed by atoms with Crippen molar-refractivity contribution in [1.29, 1.82) is 0 Å². The molecule has 1 saturated carbocycles. The number of aromatic nitrogens is 3. The average Bonchev–Trinajstić information content (AvgIpc) is 2.91. The van der Waals surface area contributed by atoms with Gasteiger partial charge in [-0.05, 0) is 37.5 Å². The van der Waals surface area contributed by atoms with Gasteiger partial charge in [-0.15, -0.1) is 5.10 Å². The fraction of sp³-hybridized carbons (Fsp3) is 0.846. The summed E-state index contributed by atoms with van der Waals surface area (Å²) in [5.74, 6) is 3.68. The summed E-state index contributed by atoms with van der Waals surface area (Å²) in [5.41, 5.74) is 0. The van der Waals surface area contributed by atoms with Crippen LogP contribution in [0.2, 0.25) is 0 Å². The highest BCUT2D eigenvalue weighted by Gasteiger charge is 2.36. The van der Waals surface area contributed by atoms with E-state index < -0.39 is 0 Å². The monoisotopic (exact) mass is 247 g/mol. The molecule has 2 N–H and O–H groups in total. The van der Waals surface area contributed by atoms with Gasteiger partial charge in [-0.3, -0.25) is 5.10 Å². The zero-order chi connectivity index (χ0) is 11.9. The van der Waals surface area contributed by atoms with E-state index in [0.717, 1.165) is 43.1 Å². The number of nitrogens with one attached hydrogen (secondary N) is 2. The Hall–Kier alpha value is -1.10. The van der Waals surface area contributed by atoms with Crippen LogP contribution in [0.15, 0.2) is 0 Å². The van der Waals surface area contributed by atoms with Gasteiger partial charge in [0.2, 0.25) is 5.95 Å². The minimum absolute atomic E-state index is 0.614. The maximum Gasteiger partial charge on any atom is 0.245 e. The van der Waals surface area contributed by atoms with Crippen molar-refractivity contribution in [3.05, 3.63) is 5.82 Å². The normalized spacial score (nSPS) is 31.7. The van der Waals surface area contributed by atoms with Gasteiger partial charge in [0.25, 0.3) is 0 Å². The lowest BCUT2D eigenvalue weighted by atomic mass is 9.92. The van der Waals surface area contributed by atoms with Crippen LogP contribution < -0.4 is 10.2 Å². The summed E-state index contributed by atoms with van der Waals surface area (Å²) < 4.78 is 0. The Morgan fingerprint density at radius 3 is 3.06 bits per heavy atom. The second-order valence-electron chi connectivity index (χ2n) is 6.05. The van der Waals surface area contributed by atoms with Gasteiger partial charge < -0.3 is 10.2 Å². The number of hydrogen-bond donors (Lipinski definition) is 2. The quantitative estimate of drug-likeness (QED) is 0.835. The number of anilines is 1. The smallest absolute Gasteiger partial charge is 0.245 e. The largest absolute Gasteiger partial charge is 0.335 e. The molecule has 5 heteroatoms. The Kier molecular flexibility index (Phi) is 2.53. The molecule has 1 aromatic rings. The predicted molar refractivity (Wildman–Crippen MR) is 69.5 cm³/mol. The lowest BCUT2D eigenvalue weighted by Crippen LogP contribution is -2.45. The zero-order valence-corrected chi connectivity index (χ0v) is 10.7. The molecule has 0 amide bonds. The molecule has 2 unspecified atom stereocenters. The van der Waals surface area contributed by atoms with Crippen LogP contribution in [0.1, 0.15) is 31.5 Å². The average molecular weight is 247 g/mol. The molecule has 5 nitrogen and oxygen atoms in total. The molecule has 2 atom stereocenters. The van der Waals surface area contributed by atoms with Crippen molar-refractivity contribution in [3.63, 3.8) is 0 Å². The summed E-state index contributed by atoms with van der Waals surface area (Å²) >= 11 is 0. The van der Waals surface area contributed by atoms with Crippen LogP contribution >= 0.6 is 0 Å². The van der Waals surface area contributed by atoms with Crippen molar-refractivity contribution in [3.8, 4) is 0 Å². The van der Waals surface area contributed by atoms with Gasteiger partial charge in [0.15, 0.2) is 0 Å². The third-order valence-corrected chi connectivity index (χ3v) is 4.63. The fourth-order valence-electron chi connectivity index (χ4n) is 3.42. The first kappa shape index (κ1) is 10.8. The first-order chi connectivity index (χ1) is 8.90. The van der Waals surface area contributed by atoms with Gasteiger partial charge >= 0.3 is 0 Å². The summed E-state index contributed by atoms with van der Waals surface area (Å²) in [5, 5.41) is 11.1. The van der Waals surface area contributed by atoms with E-state index in [9.17, 15) is 0 Å². The molecule has 0 spiro atoms. The predicted octanol–water partition coefficient (Wildman–Crippen LogP) is 0.945. The molecule has 98 valence electrons. The van der Waals surface area contributed by atoms with Crippen LogP contribution in [0.4, 0.5) is 5.95 Å². The number of H-pyrrole nitrogens is 1. The number of aromatic amines is 1. The van der Waals surface area contributed by atoms with Crippen LogP contribution in [-0.4, -0.2) is 40.9 Å². The molecule has 2 saturated heterocycles. The van der Waals surface area contributed by atoms with Crippen molar-refractivity contribution in [2.24, 2.45) is 11.8 Å². The Morgan fingerprint density at radius 1 is 1.22 bits per heavy atom. The van der Waals surface area contributed by atoms with Crippen LogP contribution in [0.3, 0.4) is 0 Å². The van der Waals surface area contributed by atoms with Gasteiger partial charge in [-0.2, -0.15) is 4.98 Å². The lowest BCUT2D eigenvalue weighted by molar-refractivity contribution is 0.381. The Morgan fingerprint density at radius 2 is 2.17 bits per heavy atom. The highest BCUT2D eigenvalue weighted by molar-refractivity contribution is 5.33. The summed E-state index contributed by atoms with van der Waals surface area (Å²) in [6.45, 7) is 3.38. The second kappa shape index (κ2) is 4.23. The van der Waals surface area contributed by atoms with E-state index in [1.54, 1.807) is 0 Å². The molecule has 1 aliphatic carbocycles. The number of rotatable bonds is 3. The highest BCUT2D eigenvalue weighted by atomic mass is 15.4. The van der Waals surface area contributed by atoms with Gasteiger partial charge in [0.05, 0.1) is 0 Å². The van der Waals surface area contributed by atoms with E-state index >= 15 is 0 Å². The molecular formula is C13H21N5. The molecule has 3 aliphatic rings. The zero-order valence-electron chi connectivity index (χ0n) is 10.7. The number of fused-ring (bicyclic) bond motifs is 1. The number of piperidine rings is 1. The number of nitrogens with zero attached hydrogens (tertiary/aromatic N) is 3. The molecule has 0 aromatic carbocycles. The SMILES string of the molecule is C1CC2CNCC2N(c2n[nH]c(CC3CC3)n2)C1. The third kappa shape index (κ3) is 1.90. The maximum atomic E-state index is 4.71. The Labute approximate surface area is 107 Å². The van der Waals surface area contributed by atoms with E-state index in [0.29, 0.717) is 6.04 Å². The standard InChI is InChI=1S/C13H21N5/c1-2-10-7-14-8-11(10)18(5-1)13-15-12(16-17-13)6-9-3-4-9/h9-11,14H,1-8H2,(H,15,16,17). The van der Waals surface area contributed by atoms with Gasteiger partial charge in [0.1, 0.15) is 5.82 Å². The van der Waals surface area contributed by atoms with Gasteiger partial charge in [0, 0.05) is 32.1 Å². The molecule has 1 aromatic heterocycles. The van der Waals surface area contributed by atoms with Crippen molar-refractivity contribution >= 4 is 5.95 Å². The molecule has 4 rings (SSSR count). The molecule has 3 heterocycles. The molecule has 0 radical (unpaired) electrons. The minimum atomic E-state index is 0.614. The van der Waals surface area contributed by atoms with E-state index in [-0.39, 0.29) is 0 Å². The van der Waals surface area contributed by atoms with E-state index in [1.165, 1.54) is 32.2 Å². The van der Waals surface area contributed by atoms with Crippen molar-refractivity contribution in [1.82, 2.24) is 20.5 Å². The number of hydrogen-bond acceptors (Lipinski definition) is 4. The van der Waals surface area contributed by atoms with Gasteiger partial charge in [-0.25, -0.2) is 0 Å². The van der Waals surface area contributed by atoms with E-state index in [4.69, 9.17) is 4.98 Å².